The zero-order chi connectivity index (χ0) is 37.4. The van der Waals surface area contributed by atoms with E-state index in [1.54, 1.807) is 0 Å². The SMILES string of the molecule is CC1CC2=C(C=C1c1cccc3ccccc13)C1(c3ccccc3Oc3ccccc31)c1cccc(C3=NC(c4ccccc4)N(C)C(c4ccccc4)=N3)c12. The smallest absolute Gasteiger partial charge is 0.160 e. The molecule has 0 bridgehead atoms. The van der Waals surface area contributed by atoms with E-state index in [-0.39, 0.29) is 12.1 Å². The van der Waals surface area contributed by atoms with E-state index in [2.05, 4.69) is 195 Å². The van der Waals surface area contributed by atoms with E-state index in [1.807, 2.05) is 0 Å². The summed E-state index contributed by atoms with van der Waals surface area (Å²) in [6.07, 6.45) is 3.17. The van der Waals surface area contributed by atoms with Crippen molar-refractivity contribution < 1.29 is 4.74 Å². The van der Waals surface area contributed by atoms with E-state index in [9.17, 15) is 0 Å². The molecule has 2 aliphatic heterocycles. The molecular formula is C52H39N3O. The largest absolute Gasteiger partial charge is 0.457 e. The van der Waals surface area contributed by atoms with Crippen LogP contribution in [-0.4, -0.2) is 23.6 Å². The van der Waals surface area contributed by atoms with Crippen LogP contribution in [0.2, 0.25) is 0 Å². The molecule has 2 atom stereocenters. The first-order valence-electron chi connectivity index (χ1n) is 19.6. The van der Waals surface area contributed by atoms with E-state index in [0.29, 0.717) is 0 Å². The van der Waals surface area contributed by atoms with Crippen LogP contribution in [0.1, 0.15) is 64.0 Å². The Bertz CT molecular complexity index is 2800. The molecule has 2 heterocycles. The minimum atomic E-state index is -0.612. The lowest BCUT2D eigenvalue weighted by atomic mass is 9.64. The van der Waals surface area contributed by atoms with Crippen LogP contribution in [0.3, 0.4) is 0 Å². The fourth-order valence-electron chi connectivity index (χ4n) is 9.83. The van der Waals surface area contributed by atoms with Gasteiger partial charge in [0, 0.05) is 29.3 Å². The predicted octanol–water partition coefficient (Wildman–Crippen LogP) is 12.0. The first-order chi connectivity index (χ1) is 27.6. The summed E-state index contributed by atoms with van der Waals surface area (Å²) in [4.78, 5) is 13.2. The number of hydrogen-bond donors (Lipinski definition) is 0. The maximum Gasteiger partial charge on any atom is 0.160 e. The molecule has 0 saturated heterocycles. The van der Waals surface area contributed by atoms with Crippen LogP contribution < -0.4 is 4.74 Å². The lowest BCUT2D eigenvalue weighted by Gasteiger charge is -2.41. The summed E-state index contributed by atoms with van der Waals surface area (Å²) in [6.45, 7) is 2.39. The summed E-state index contributed by atoms with van der Waals surface area (Å²) in [6, 6.07) is 60.7. The van der Waals surface area contributed by atoms with Crippen LogP contribution in [0.5, 0.6) is 11.5 Å². The number of amidine groups is 2. The summed E-state index contributed by atoms with van der Waals surface area (Å²) in [7, 11) is 2.10. The van der Waals surface area contributed by atoms with Crippen LogP contribution >= 0.6 is 0 Å². The van der Waals surface area contributed by atoms with Crippen LogP contribution in [0.25, 0.3) is 21.9 Å². The van der Waals surface area contributed by atoms with Crippen molar-refractivity contribution in [3.63, 3.8) is 0 Å². The maximum atomic E-state index is 6.74. The second kappa shape index (κ2) is 12.6. The van der Waals surface area contributed by atoms with Gasteiger partial charge in [0.15, 0.2) is 5.84 Å². The number of rotatable bonds is 4. The Kier molecular flexibility index (Phi) is 7.37. The highest BCUT2D eigenvalue weighted by Gasteiger charge is 2.53. The molecule has 7 aromatic carbocycles. The van der Waals surface area contributed by atoms with Crippen molar-refractivity contribution in [3.8, 4) is 11.5 Å². The molecule has 4 aliphatic rings. The van der Waals surface area contributed by atoms with E-state index in [0.717, 1.165) is 57.4 Å². The summed E-state index contributed by atoms with van der Waals surface area (Å²) < 4.78 is 6.74. The molecule has 0 radical (unpaired) electrons. The van der Waals surface area contributed by atoms with E-state index in [4.69, 9.17) is 14.7 Å². The molecule has 56 heavy (non-hydrogen) atoms. The molecule has 2 unspecified atom stereocenters. The van der Waals surface area contributed by atoms with Gasteiger partial charge in [-0.2, -0.15) is 0 Å². The molecule has 2 aliphatic carbocycles. The zero-order valence-corrected chi connectivity index (χ0v) is 31.4. The molecule has 4 nitrogen and oxygen atoms in total. The van der Waals surface area contributed by atoms with E-state index in [1.165, 1.54) is 44.2 Å². The first-order valence-corrected chi connectivity index (χ1v) is 19.6. The van der Waals surface area contributed by atoms with Gasteiger partial charge in [0.1, 0.15) is 23.5 Å². The minimum Gasteiger partial charge on any atom is -0.457 e. The lowest BCUT2D eigenvalue weighted by Crippen LogP contribution is -2.36. The number of ether oxygens (including phenoxy) is 1. The van der Waals surface area contributed by atoms with Crippen molar-refractivity contribution >= 4 is 33.6 Å². The molecule has 0 N–H and O–H groups in total. The Morgan fingerprint density at radius 2 is 1.23 bits per heavy atom. The minimum absolute atomic E-state index is 0.244. The summed E-state index contributed by atoms with van der Waals surface area (Å²) in [5, 5.41) is 2.54. The highest BCUT2D eigenvalue weighted by molar-refractivity contribution is 6.16. The Balaban J connectivity index is 1.22. The molecule has 0 amide bonds. The van der Waals surface area contributed by atoms with Gasteiger partial charge < -0.3 is 9.64 Å². The van der Waals surface area contributed by atoms with Crippen LogP contribution in [0, 0.1) is 5.92 Å². The van der Waals surface area contributed by atoms with Gasteiger partial charge in [-0.15, -0.1) is 0 Å². The molecule has 0 aromatic heterocycles. The summed E-state index contributed by atoms with van der Waals surface area (Å²) in [5.41, 5.74) is 12.8. The third kappa shape index (κ3) is 4.72. The molecule has 0 saturated carbocycles. The van der Waals surface area contributed by atoms with Gasteiger partial charge in [0.25, 0.3) is 0 Å². The number of benzene rings is 7. The lowest BCUT2D eigenvalue weighted by molar-refractivity contribution is 0.383. The molecule has 7 aromatic rings. The molecule has 268 valence electrons. The number of fused-ring (bicyclic) bond motifs is 9. The van der Waals surface area contributed by atoms with Crippen molar-refractivity contribution in [2.45, 2.75) is 24.9 Å². The van der Waals surface area contributed by atoms with E-state index < -0.39 is 5.41 Å². The number of nitrogens with zero attached hydrogens (tertiary/aromatic N) is 3. The van der Waals surface area contributed by atoms with Gasteiger partial charge >= 0.3 is 0 Å². The van der Waals surface area contributed by atoms with Gasteiger partial charge in [-0.3, -0.25) is 0 Å². The summed E-state index contributed by atoms with van der Waals surface area (Å²) >= 11 is 0. The molecule has 11 rings (SSSR count). The second-order valence-corrected chi connectivity index (χ2v) is 15.3. The Morgan fingerprint density at radius 3 is 2.00 bits per heavy atom. The quantitative estimate of drug-likeness (QED) is 0.181. The third-order valence-electron chi connectivity index (χ3n) is 12.3. The van der Waals surface area contributed by atoms with Gasteiger partial charge in [0.2, 0.25) is 0 Å². The number of allylic oxidation sites excluding steroid dienone is 4. The standard InChI is InChI=1S/C52H39N3O/c1-33-31-41-45(32-40(33)38-24-15-22-34-17-9-10-23-37(34)38)52(42-26-11-13-29-46(42)56-47-30-14-12-27-43(47)52)44-28-16-25-39(48(41)44)49-53-50(35-18-5-3-6-19-35)55(2)51(54-49)36-20-7-4-8-21-36/h3-30,32-33,50H,31H2,1-2H3. The van der Waals surface area contributed by atoms with Crippen molar-refractivity contribution in [1.82, 2.24) is 4.90 Å². The highest BCUT2D eigenvalue weighted by atomic mass is 16.5. The first kappa shape index (κ1) is 32.6. The van der Waals surface area contributed by atoms with Crippen molar-refractivity contribution in [1.29, 1.82) is 0 Å². The van der Waals surface area contributed by atoms with Crippen LogP contribution in [0.4, 0.5) is 0 Å². The molecule has 4 heteroatoms. The monoisotopic (exact) mass is 721 g/mol. The fraction of sp³-hybridized carbons (Fsp3) is 0.115. The predicted molar refractivity (Wildman–Crippen MR) is 228 cm³/mol. The summed E-state index contributed by atoms with van der Waals surface area (Å²) in [5.74, 6) is 3.70. The van der Waals surface area contributed by atoms with Gasteiger partial charge in [-0.25, -0.2) is 9.98 Å². The van der Waals surface area contributed by atoms with Crippen molar-refractivity contribution in [3.05, 3.63) is 226 Å². The van der Waals surface area contributed by atoms with E-state index >= 15 is 0 Å². The van der Waals surface area contributed by atoms with Crippen LogP contribution in [-0.2, 0) is 5.41 Å². The Hall–Kier alpha value is -6.78. The molecule has 1 spiro atoms. The Morgan fingerprint density at radius 1 is 0.625 bits per heavy atom. The number of para-hydroxylation sites is 2. The normalized spacial score (nSPS) is 19.0. The number of aliphatic imine (C=N–C) groups is 2. The van der Waals surface area contributed by atoms with Crippen molar-refractivity contribution in [2.75, 3.05) is 7.05 Å². The second-order valence-electron chi connectivity index (χ2n) is 15.3. The molecular weight excluding hydrogens is 683 g/mol. The zero-order valence-electron chi connectivity index (χ0n) is 31.4. The number of hydrogen-bond acceptors (Lipinski definition) is 4. The maximum absolute atomic E-state index is 6.74. The van der Waals surface area contributed by atoms with Gasteiger partial charge in [-0.1, -0.05) is 171 Å². The average Bonchev–Trinajstić information content (AvgIpc) is 3.53. The average molecular weight is 722 g/mol. The van der Waals surface area contributed by atoms with Crippen molar-refractivity contribution in [2.24, 2.45) is 15.9 Å². The topological polar surface area (TPSA) is 37.2 Å². The highest BCUT2D eigenvalue weighted by Crippen LogP contribution is 2.64. The van der Waals surface area contributed by atoms with Crippen LogP contribution in [0.15, 0.2) is 191 Å². The fourth-order valence-corrected chi connectivity index (χ4v) is 9.83. The third-order valence-corrected chi connectivity index (χ3v) is 12.3. The molecule has 0 fully saturated rings. The van der Waals surface area contributed by atoms with Gasteiger partial charge in [-0.05, 0) is 74.2 Å². The van der Waals surface area contributed by atoms with Gasteiger partial charge in [0.05, 0.1) is 5.41 Å². The Labute approximate surface area is 327 Å².